The Hall–Kier alpha value is -3.16. The zero-order valence-corrected chi connectivity index (χ0v) is 18.5. The van der Waals surface area contributed by atoms with Gasteiger partial charge in [-0.3, -0.25) is 9.52 Å². The van der Waals surface area contributed by atoms with Crippen LogP contribution in [-0.4, -0.2) is 38.4 Å². The van der Waals surface area contributed by atoms with Crippen molar-refractivity contribution in [2.24, 2.45) is 0 Å². The molecule has 166 valence electrons. The number of piperidine rings is 1. The normalized spacial score (nSPS) is 14.8. The summed E-state index contributed by atoms with van der Waals surface area (Å²) in [4.78, 5) is 14.9. The number of sulfonamides is 1. The van der Waals surface area contributed by atoms with Crippen molar-refractivity contribution in [3.05, 3.63) is 96.1 Å². The van der Waals surface area contributed by atoms with Gasteiger partial charge in [0.2, 0.25) is 0 Å². The number of hydrogen-bond donors (Lipinski definition) is 1. The molecular weight excluding hydrogens is 424 g/mol. The van der Waals surface area contributed by atoms with Crippen LogP contribution in [0.3, 0.4) is 0 Å². The van der Waals surface area contributed by atoms with Crippen LogP contribution in [0.15, 0.2) is 89.8 Å². The van der Waals surface area contributed by atoms with Crippen LogP contribution in [0.1, 0.15) is 28.8 Å². The van der Waals surface area contributed by atoms with Crippen LogP contribution >= 0.6 is 0 Å². The molecule has 0 bridgehead atoms. The Balaban J connectivity index is 1.29. The zero-order valence-electron chi connectivity index (χ0n) is 17.7. The van der Waals surface area contributed by atoms with Crippen LogP contribution < -0.4 is 4.72 Å². The number of amides is 1. The van der Waals surface area contributed by atoms with Crippen molar-refractivity contribution in [2.75, 3.05) is 17.8 Å². The van der Waals surface area contributed by atoms with E-state index >= 15 is 0 Å². The third-order valence-electron chi connectivity index (χ3n) is 5.50. The number of likely N-dealkylation sites (tertiary alicyclic amines) is 1. The van der Waals surface area contributed by atoms with Gasteiger partial charge in [0.25, 0.3) is 15.9 Å². The van der Waals surface area contributed by atoms with Crippen molar-refractivity contribution < 1.29 is 17.9 Å². The zero-order chi connectivity index (χ0) is 22.4. The lowest BCUT2D eigenvalue weighted by Gasteiger charge is -2.32. The highest BCUT2D eigenvalue weighted by molar-refractivity contribution is 7.92. The van der Waals surface area contributed by atoms with E-state index < -0.39 is 10.0 Å². The van der Waals surface area contributed by atoms with E-state index in [1.54, 1.807) is 42.5 Å². The summed E-state index contributed by atoms with van der Waals surface area (Å²) in [6.07, 6.45) is 1.75. The molecule has 0 spiro atoms. The summed E-state index contributed by atoms with van der Waals surface area (Å²) in [6.45, 7) is 1.86. The fourth-order valence-corrected chi connectivity index (χ4v) is 4.77. The molecule has 0 unspecified atom stereocenters. The van der Waals surface area contributed by atoms with Crippen LogP contribution in [0.25, 0.3) is 0 Å². The molecular formula is C25H26N2O4S. The summed E-state index contributed by atoms with van der Waals surface area (Å²) in [5, 5.41) is 0. The van der Waals surface area contributed by atoms with Crippen molar-refractivity contribution in [2.45, 2.75) is 30.4 Å². The number of carbonyl (C=O) groups excluding carboxylic acids is 1. The highest BCUT2D eigenvalue weighted by atomic mass is 32.2. The van der Waals surface area contributed by atoms with Crippen LogP contribution in [0.2, 0.25) is 0 Å². The first-order chi connectivity index (χ1) is 15.5. The summed E-state index contributed by atoms with van der Waals surface area (Å²) in [7, 11) is -3.66. The summed E-state index contributed by atoms with van der Waals surface area (Å²) in [5.41, 5.74) is 2.10. The first-order valence-corrected chi connectivity index (χ1v) is 12.1. The number of nitrogens with zero attached hydrogens (tertiary/aromatic N) is 1. The summed E-state index contributed by atoms with van der Waals surface area (Å²) >= 11 is 0. The maximum absolute atomic E-state index is 12.9. The first-order valence-electron chi connectivity index (χ1n) is 10.6. The van der Waals surface area contributed by atoms with E-state index in [1.807, 2.05) is 35.2 Å². The molecule has 1 heterocycles. The molecule has 4 rings (SSSR count). The predicted octanol–water partition coefficient (Wildman–Crippen LogP) is 4.31. The van der Waals surface area contributed by atoms with E-state index in [0.717, 1.165) is 18.4 Å². The SMILES string of the molecule is O=C(c1ccc(NS(=O)(=O)c2ccccc2)cc1)N1CCC(OCc2ccccc2)CC1. The molecule has 1 N–H and O–H groups in total. The van der Waals surface area contributed by atoms with Crippen molar-refractivity contribution in [1.29, 1.82) is 0 Å². The van der Waals surface area contributed by atoms with Crippen molar-refractivity contribution in [3.63, 3.8) is 0 Å². The molecule has 0 atom stereocenters. The monoisotopic (exact) mass is 450 g/mol. The summed E-state index contributed by atoms with van der Waals surface area (Å²) in [6, 6.07) is 24.8. The van der Waals surface area contributed by atoms with Gasteiger partial charge in [-0.15, -0.1) is 0 Å². The third-order valence-corrected chi connectivity index (χ3v) is 6.89. The molecule has 1 aliphatic heterocycles. The van der Waals surface area contributed by atoms with E-state index in [4.69, 9.17) is 4.74 Å². The Bertz CT molecular complexity index is 1130. The molecule has 3 aromatic rings. The maximum Gasteiger partial charge on any atom is 0.261 e. The number of benzene rings is 3. The smallest absolute Gasteiger partial charge is 0.261 e. The average Bonchev–Trinajstić information content (AvgIpc) is 2.84. The lowest BCUT2D eigenvalue weighted by atomic mass is 10.1. The van der Waals surface area contributed by atoms with Gasteiger partial charge in [0, 0.05) is 24.3 Å². The van der Waals surface area contributed by atoms with E-state index in [9.17, 15) is 13.2 Å². The number of rotatable bonds is 7. The molecule has 1 saturated heterocycles. The largest absolute Gasteiger partial charge is 0.373 e. The standard InChI is InChI=1S/C25H26N2O4S/c28-25(27-17-15-23(16-18-27)31-19-20-7-3-1-4-8-20)21-11-13-22(14-12-21)26-32(29,30)24-9-5-2-6-10-24/h1-14,23,26H,15-19H2. The number of ether oxygens (including phenoxy) is 1. The minimum absolute atomic E-state index is 0.0519. The number of carbonyl (C=O) groups is 1. The molecule has 1 fully saturated rings. The highest BCUT2D eigenvalue weighted by Crippen LogP contribution is 2.20. The molecule has 7 heteroatoms. The van der Waals surface area contributed by atoms with Gasteiger partial charge >= 0.3 is 0 Å². The minimum atomic E-state index is -3.66. The summed E-state index contributed by atoms with van der Waals surface area (Å²) in [5.74, 6) is -0.0519. The van der Waals surface area contributed by atoms with Gasteiger partial charge in [-0.2, -0.15) is 0 Å². The second kappa shape index (κ2) is 9.97. The molecule has 32 heavy (non-hydrogen) atoms. The molecule has 0 saturated carbocycles. The number of hydrogen-bond acceptors (Lipinski definition) is 4. The fraction of sp³-hybridized carbons (Fsp3) is 0.240. The highest BCUT2D eigenvalue weighted by Gasteiger charge is 2.24. The van der Waals surface area contributed by atoms with E-state index in [1.165, 1.54) is 12.1 Å². The molecule has 0 aromatic heterocycles. The fourth-order valence-electron chi connectivity index (χ4n) is 3.69. The van der Waals surface area contributed by atoms with E-state index in [-0.39, 0.29) is 16.9 Å². The second-order valence-electron chi connectivity index (χ2n) is 7.78. The first kappa shape index (κ1) is 22.0. The van der Waals surface area contributed by atoms with Crippen LogP contribution in [0, 0.1) is 0 Å². The number of anilines is 1. The third kappa shape index (κ3) is 5.55. The van der Waals surface area contributed by atoms with Gasteiger partial charge in [-0.25, -0.2) is 8.42 Å². The van der Waals surface area contributed by atoms with E-state index in [0.29, 0.717) is 30.9 Å². The molecule has 0 aliphatic carbocycles. The van der Waals surface area contributed by atoms with Gasteiger partial charge in [0.1, 0.15) is 0 Å². The van der Waals surface area contributed by atoms with Gasteiger partial charge in [-0.1, -0.05) is 48.5 Å². The Kier molecular flexibility index (Phi) is 6.87. The maximum atomic E-state index is 12.9. The Morgan fingerprint density at radius 3 is 2.09 bits per heavy atom. The van der Waals surface area contributed by atoms with Gasteiger partial charge in [0.15, 0.2) is 0 Å². The molecule has 3 aromatic carbocycles. The van der Waals surface area contributed by atoms with Gasteiger partial charge in [0.05, 0.1) is 17.6 Å². The van der Waals surface area contributed by atoms with Gasteiger partial charge < -0.3 is 9.64 Å². The molecule has 1 amide bonds. The second-order valence-corrected chi connectivity index (χ2v) is 9.47. The topological polar surface area (TPSA) is 75.7 Å². The molecule has 1 aliphatic rings. The van der Waals surface area contributed by atoms with Crippen molar-refractivity contribution in [1.82, 2.24) is 4.90 Å². The van der Waals surface area contributed by atoms with Crippen molar-refractivity contribution >= 4 is 21.6 Å². The molecule has 0 radical (unpaired) electrons. The Morgan fingerprint density at radius 2 is 1.47 bits per heavy atom. The minimum Gasteiger partial charge on any atom is -0.373 e. The van der Waals surface area contributed by atoms with Crippen molar-refractivity contribution in [3.8, 4) is 0 Å². The predicted molar refractivity (Wildman–Crippen MR) is 124 cm³/mol. The number of nitrogens with one attached hydrogen (secondary N) is 1. The lowest BCUT2D eigenvalue weighted by molar-refractivity contribution is -0.000379. The molecule has 6 nitrogen and oxygen atoms in total. The van der Waals surface area contributed by atoms with Gasteiger partial charge in [-0.05, 0) is 54.8 Å². The van der Waals surface area contributed by atoms with Crippen LogP contribution in [0.5, 0.6) is 0 Å². The quantitative estimate of drug-likeness (QED) is 0.582. The Labute approximate surface area is 188 Å². The van der Waals surface area contributed by atoms with Crippen LogP contribution in [0.4, 0.5) is 5.69 Å². The Morgan fingerprint density at radius 1 is 0.875 bits per heavy atom. The average molecular weight is 451 g/mol. The van der Waals surface area contributed by atoms with E-state index in [2.05, 4.69) is 4.72 Å². The summed E-state index contributed by atoms with van der Waals surface area (Å²) < 4.78 is 33.4. The lowest BCUT2D eigenvalue weighted by Crippen LogP contribution is -2.40. The van der Waals surface area contributed by atoms with Crippen LogP contribution in [-0.2, 0) is 21.4 Å².